The molecule has 154 valence electrons. The van der Waals surface area contributed by atoms with Crippen LogP contribution in [0, 0.1) is 0 Å². The first-order valence-electron chi connectivity index (χ1n) is 10.2. The molecule has 0 N–H and O–H groups in total. The number of ketones is 1. The lowest BCUT2D eigenvalue weighted by Crippen LogP contribution is -2.21. The van der Waals surface area contributed by atoms with Gasteiger partial charge in [-0.15, -0.1) is 0 Å². The average Bonchev–Trinajstić information content (AvgIpc) is 2.84. The minimum atomic E-state index is 0.0667. The van der Waals surface area contributed by atoms with Gasteiger partial charge in [0.2, 0.25) is 0 Å². The van der Waals surface area contributed by atoms with Crippen LogP contribution in [0.4, 0.5) is 0 Å². The minimum Gasteiger partial charge on any atom is -0.294 e. The van der Waals surface area contributed by atoms with E-state index in [4.69, 9.17) is 23.2 Å². The van der Waals surface area contributed by atoms with Crippen LogP contribution < -0.4 is 0 Å². The van der Waals surface area contributed by atoms with Gasteiger partial charge < -0.3 is 0 Å². The van der Waals surface area contributed by atoms with Gasteiger partial charge in [-0.25, -0.2) is 0 Å². The maximum Gasteiger partial charge on any atom is 0.161 e. The molecule has 0 bridgehead atoms. The van der Waals surface area contributed by atoms with E-state index < -0.39 is 0 Å². The third kappa shape index (κ3) is 4.92. The van der Waals surface area contributed by atoms with Gasteiger partial charge in [0, 0.05) is 12.0 Å². The van der Waals surface area contributed by atoms with Crippen molar-refractivity contribution < 1.29 is 4.79 Å². The van der Waals surface area contributed by atoms with Crippen LogP contribution in [0.5, 0.6) is 0 Å². The van der Waals surface area contributed by atoms with Crippen molar-refractivity contribution in [2.24, 2.45) is 0 Å². The lowest BCUT2D eigenvalue weighted by molar-refractivity contribution is -0.115. The Morgan fingerprint density at radius 1 is 0.964 bits per heavy atom. The summed E-state index contributed by atoms with van der Waals surface area (Å²) < 4.78 is 0. The van der Waals surface area contributed by atoms with Gasteiger partial charge in [0.05, 0.1) is 10.1 Å². The predicted molar refractivity (Wildman–Crippen MR) is 123 cm³/mol. The molecular formula is C25H34Cl2O. The first-order valence-corrected chi connectivity index (χ1v) is 11.0. The summed E-state index contributed by atoms with van der Waals surface area (Å²) in [4.78, 5) is 12.8. The van der Waals surface area contributed by atoms with Crippen molar-refractivity contribution in [1.29, 1.82) is 0 Å². The topological polar surface area (TPSA) is 17.1 Å². The van der Waals surface area contributed by atoms with E-state index in [0.29, 0.717) is 28.5 Å². The van der Waals surface area contributed by atoms with Crippen molar-refractivity contribution in [3.8, 4) is 0 Å². The number of benzene rings is 1. The highest BCUT2D eigenvalue weighted by molar-refractivity contribution is 6.46. The molecule has 3 heteroatoms. The summed E-state index contributed by atoms with van der Waals surface area (Å²) in [6.07, 6.45) is 2.77. The van der Waals surface area contributed by atoms with Gasteiger partial charge in [-0.1, -0.05) is 83.8 Å². The standard InChI is InChI=1S/C25H34Cl2O/c1-9-17-19(24(3,4)5)13-16(14-20(17)25(6,7)8)10-11-21(28)18-12-15(2)22(26)23(18)27/h13-14H,9-12H2,1-8H3. The van der Waals surface area contributed by atoms with E-state index in [1.54, 1.807) is 0 Å². The van der Waals surface area contributed by atoms with Gasteiger partial charge in [-0.3, -0.25) is 4.79 Å². The first kappa shape index (κ1) is 23.2. The second-order valence-electron chi connectivity index (χ2n) is 10.0. The molecule has 1 aromatic rings. The molecule has 1 nitrogen and oxygen atoms in total. The van der Waals surface area contributed by atoms with Gasteiger partial charge in [-0.2, -0.15) is 0 Å². The number of allylic oxidation sites excluding steroid dienone is 4. The zero-order valence-electron chi connectivity index (χ0n) is 18.6. The van der Waals surface area contributed by atoms with Crippen LogP contribution in [0.2, 0.25) is 0 Å². The Bertz CT molecular complexity index is 807. The number of hydrogen-bond acceptors (Lipinski definition) is 1. The van der Waals surface area contributed by atoms with Gasteiger partial charge in [-0.05, 0) is 64.8 Å². The number of halogens is 2. The van der Waals surface area contributed by atoms with Crippen molar-refractivity contribution in [3.05, 3.63) is 55.6 Å². The highest BCUT2D eigenvalue weighted by Crippen LogP contribution is 2.39. The quantitative estimate of drug-likeness (QED) is 0.475. The van der Waals surface area contributed by atoms with E-state index in [2.05, 4.69) is 60.6 Å². The van der Waals surface area contributed by atoms with E-state index in [9.17, 15) is 4.79 Å². The second kappa shape index (κ2) is 8.36. The number of carbonyl (C=O) groups excluding carboxylic acids is 1. The molecule has 2 rings (SSSR count). The third-order valence-corrected chi connectivity index (χ3v) is 6.56. The third-order valence-electron chi connectivity index (χ3n) is 5.53. The summed E-state index contributed by atoms with van der Waals surface area (Å²) in [5.41, 5.74) is 7.24. The molecule has 0 spiro atoms. The lowest BCUT2D eigenvalue weighted by Gasteiger charge is -2.31. The van der Waals surface area contributed by atoms with Crippen LogP contribution in [0.3, 0.4) is 0 Å². The summed E-state index contributed by atoms with van der Waals surface area (Å²) in [6, 6.07) is 4.62. The monoisotopic (exact) mass is 420 g/mol. The summed E-state index contributed by atoms with van der Waals surface area (Å²) in [6.45, 7) is 17.8. The SMILES string of the molecule is CCc1c(C(C)(C)C)cc(CCC(=O)C2=C(Cl)C(Cl)=C(C)C2)cc1C(C)(C)C. The Balaban J connectivity index is 2.35. The molecule has 0 aromatic heterocycles. The Labute approximate surface area is 181 Å². The largest absolute Gasteiger partial charge is 0.294 e. The minimum absolute atomic E-state index is 0.0667. The summed E-state index contributed by atoms with van der Waals surface area (Å²) in [5, 5.41) is 0.985. The fourth-order valence-electron chi connectivity index (χ4n) is 3.97. The van der Waals surface area contributed by atoms with Crippen LogP contribution >= 0.6 is 23.2 Å². The van der Waals surface area contributed by atoms with Crippen LogP contribution in [0.25, 0.3) is 0 Å². The van der Waals surface area contributed by atoms with Crippen molar-refractivity contribution in [1.82, 2.24) is 0 Å². The normalized spacial score (nSPS) is 15.6. The summed E-state index contributed by atoms with van der Waals surface area (Å²) in [7, 11) is 0. The summed E-state index contributed by atoms with van der Waals surface area (Å²) in [5.74, 6) is 0.106. The Hall–Kier alpha value is -1.05. The highest BCUT2D eigenvalue weighted by Gasteiger charge is 2.27. The maximum atomic E-state index is 12.8. The Kier molecular flexibility index (Phi) is 6.94. The Morgan fingerprint density at radius 3 is 1.82 bits per heavy atom. The van der Waals surface area contributed by atoms with Gasteiger partial charge in [0.1, 0.15) is 0 Å². The molecule has 0 saturated carbocycles. The van der Waals surface area contributed by atoms with Crippen LogP contribution in [-0.4, -0.2) is 5.78 Å². The van der Waals surface area contributed by atoms with Crippen LogP contribution in [-0.2, 0) is 28.5 Å². The van der Waals surface area contributed by atoms with E-state index in [1.807, 2.05) is 6.92 Å². The second-order valence-corrected chi connectivity index (χ2v) is 10.8. The molecule has 0 fully saturated rings. The number of aryl methyl sites for hydroxylation is 1. The van der Waals surface area contributed by atoms with E-state index in [0.717, 1.165) is 18.4 Å². The molecule has 1 aromatic carbocycles. The zero-order chi connectivity index (χ0) is 21.4. The molecule has 0 amide bonds. The fourth-order valence-corrected chi connectivity index (χ4v) is 4.48. The van der Waals surface area contributed by atoms with Gasteiger partial charge in [0.15, 0.2) is 5.78 Å². The molecular weight excluding hydrogens is 387 g/mol. The molecule has 0 aliphatic heterocycles. The van der Waals surface area contributed by atoms with Crippen LogP contribution in [0.15, 0.2) is 33.3 Å². The number of Topliss-reactive ketones (excluding diaryl/α,β-unsaturated/α-hetero) is 1. The van der Waals surface area contributed by atoms with E-state index >= 15 is 0 Å². The number of rotatable bonds is 5. The highest BCUT2D eigenvalue weighted by atomic mass is 35.5. The van der Waals surface area contributed by atoms with Crippen molar-refractivity contribution in [3.63, 3.8) is 0 Å². The molecule has 0 radical (unpaired) electrons. The maximum absolute atomic E-state index is 12.8. The van der Waals surface area contributed by atoms with Gasteiger partial charge in [0.25, 0.3) is 0 Å². The molecule has 1 aliphatic rings. The molecule has 28 heavy (non-hydrogen) atoms. The zero-order valence-corrected chi connectivity index (χ0v) is 20.2. The van der Waals surface area contributed by atoms with E-state index in [1.165, 1.54) is 22.3 Å². The predicted octanol–water partition coefficient (Wildman–Crippen LogP) is 7.76. The van der Waals surface area contributed by atoms with E-state index in [-0.39, 0.29) is 16.6 Å². The molecule has 1 aliphatic carbocycles. The number of hydrogen-bond donors (Lipinski definition) is 0. The first-order chi connectivity index (χ1) is 12.8. The number of carbonyl (C=O) groups is 1. The van der Waals surface area contributed by atoms with Crippen molar-refractivity contribution in [2.75, 3.05) is 0 Å². The van der Waals surface area contributed by atoms with Gasteiger partial charge >= 0.3 is 0 Å². The Morgan fingerprint density at radius 2 is 1.46 bits per heavy atom. The molecule has 0 unspecified atom stereocenters. The van der Waals surface area contributed by atoms with Crippen molar-refractivity contribution >= 4 is 29.0 Å². The smallest absolute Gasteiger partial charge is 0.161 e. The molecule has 0 heterocycles. The van der Waals surface area contributed by atoms with Crippen LogP contribution in [0.1, 0.15) is 90.5 Å². The molecule has 0 saturated heterocycles. The lowest BCUT2D eigenvalue weighted by atomic mass is 9.74. The van der Waals surface area contributed by atoms with Crippen molar-refractivity contribution in [2.45, 2.75) is 91.9 Å². The summed E-state index contributed by atoms with van der Waals surface area (Å²) >= 11 is 12.5. The fraction of sp³-hybridized carbons (Fsp3) is 0.560. The molecule has 0 atom stereocenters. The average molecular weight is 421 g/mol.